The molecule has 0 aliphatic carbocycles. The van der Waals surface area contributed by atoms with E-state index in [0.717, 1.165) is 11.3 Å². The summed E-state index contributed by atoms with van der Waals surface area (Å²) in [6.07, 6.45) is 0. The zero-order valence-corrected chi connectivity index (χ0v) is 9.58. The first-order chi connectivity index (χ1) is 6.49. The number of esters is 1. The molecule has 0 spiro atoms. The van der Waals surface area contributed by atoms with E-state index in [4.69, 9.17) is 11.6 Å². The van der Waals surface area contributed by atoms with Gasteiger partial charge in [0.1, 0.15) is 4.34 Å². The molecule has 1 rings (SSSR count). The second-order valence-corrected chi connectivity index (χ2v) is 4.38. The van der Waals surface area contributed by atoms with Crippen LogP contribution in [0.15, 0.2) is 0 Å². The van der Waals surface area contributed by atoms with E-state index in [0.29, 0.717) is 20.3 Å². The first kappa shape index (κ1) is 11.2. The molecular weight excluding hydrogens is 224 g/mol. The molecule has 0 radical (unpaired) electrons. The number of ether oxygens (including phenoxy) is 1. The highest BCUT2D eigenvalue weighted by Crippen LogP contribution is 2.33. The average molecular weight is 233 g/mol. The van der Waals surface area contributed by atoms with Gasteiger partial charge in [0, 0.05) is 0 Å². The zero-order valence-electron chi connectivity index (χ0n) is 8.01. The van der Waals surface area contributed by atoms with Crippen LogP contribution in [0.3, 0.4) is 0 Å². The molecule has 0 aromatic carbocycles. The minimum atomic E-state index is -0.503. The molecule has 3 nitrogen and oxygen atoms in total. The van der Waals surface area contributed by atoms with Gasteiger partial charge in [0.05, 0.1) is 17.6 Å². The minimum Gasteiger partial charge on any atom is -0.465 e. The van der Waals surface area contributed by atoms with Crippen molar-refractivity contribution in [2.75, 3.05) is 7.11 Å². The van der Waals surface area contributed by atoms with Crippen LogP contribution in [-0.2, 0) is 4.74 Å². The molecule has 0 bridgehead atoms. The van der Waals surface area contributed by atoms with Gasteiger partial charge in [-0.15, -0.1) is 11.3 Å². The highest BCUT2D eigenvalue weighted by Gasteiger charge is 2.22. The van der Waals surface area contributed by atoms with Gasteiger partial charge in [-0.2, -0.15) is 0 Å². The van der Waals surface area contributed by atoms with Crippen LogP contribution >= 0.6 is 22.9 Å². The number of halogens is 1. The maximum atomic E-state index is 11.3. The van der Waals surface area contributed by atoms with Gasteiger partial charge >= 0.3 is 5.97 Å². The Morgan fingerprint density at radius 2 is 2.00 bits per heavy atom. The first-order valence-corrected chi connectivity index (χ1v) is 5.06. The van der Waals surface area contributed by atoms with Gasteiger partial charge in [-0.3, -0.25) is 4.79 Å². The topological polar surface area (TPSA) is 43.4 Å². The maximum Gasteiger partial charge on any atom is 0.340 e. The van der Waals surface area contributed by atoms with Crippen molar-refractivity contribution >= 4 is 34.7 Å². The van der Waals surface area contributed by atoms with Gasteiger partial charge in [0.15, 0.2) is 5.78 Å². The second kappa shape index (κ2) is 4.11. The molecule has 0 saturated heterocycles. The van der Waals surface area contributed by atoms with Crippen LogP contribution in [-0.4, -0.2) is 18.9 Å². The van der Waals surface area contributed by atoms with E-state index < -0.39 is 5.97 Å². The molecule has 0 saturated carbocycles. The summed E-state index contributed by atoms with van der Waals surface area (Å²) in [4.78, 5) is 22.9. The fourth-order valence-electron chi connectivity index (χ4n) is 1.15. The molecule has 0 unspecified atom stereocenters. The van der Waals surface area contributed by atoms with Crippen LogP contribution in [0.25, 0.3) is 0 Å². The van der Waals surface area contributed by atoms with Gasteiger partial charge in [-0.1, -0.05) is 11.6 Å². The third-order valence-corrected chi connectivity index (χ3v) is 3.41. The van der Waals surface area contributed by atoms with Crippen molar-refractivity contribution < 1.29 is 14.3 Å². The third kappa shape index (κ3) is 1.81. The van der Waals surface area contributed by atoms with E-state index in [2.05, 4.69) is 4.74 Å². The normalized spacial score (nSPS) is 10.0. The molecule has 0 N–H and O–H groups in total. The lowest BCUT2D eigenvalue weighted by Crippen LogP contribution is -2.03. The van der Waals surface area contributed by atoms with E-state index in [9.17, 15) is 9.59 Å². The number of ketones is 1. The Bertz CT molecular complexity index is 395. The largest absolute Gasteiger partial charge is 0.465 e. The fraction of sp³-hybridized carbons (Fsp3) is 0.333. The molecule has 0 amide bonds. The van der Waals surface area contributed by atoms with Crippen molar-refractivity contribution in [1.29, 1.82) is 0 Å². The SMILES string of the molecule is COC(=O)c1c(Cl)sc(C(C)=O)c1C. The van der Waals surface area contributed by atoms with Crippen molar-refractivity contribution in [2.24, 2.45) is 0 Å². The standard InChI is InChI=1S/C9H9ClO3S/c1-4-6(9(12)13-3)8(10)14-7(4)5(2)11/h1-3H3. The summed E-state index contributed by atoms with van der Waals surface area (Å²) in [5, 5.41) is 0. The number of rotatable bonds is 2. The minimum absolute atomic E-state index is 0.0930. The number of hydrogen-bond donors (Lipinski definition) is 0. The number of hydrogen-bond acceptors (Lipinski definition) is 4. The van der Waals surface area contributed by atoms with Crippen molar-refractivity contribution in [3.8, 4) is 0 Å². The van der Waals surface area contributed by atoms with Crippen LogP contribution in [0.5, 0.6) is 0 Å². The number of carbonyl (C=O) groups excluding carboxylic acids is 2. The summed E-state index contributed by atoms with van der Waals surface area (Å²) in [7, 11) is 1.28. The molecule has 14 heavy (non-hydrogen) atoms. The first-order valence-electron chi connectivity index (χ1n) is 3.87. The smallest absolute Gasteiger partial charge is 0.340 e. The van der Waals surface area contributed by atoms with Crippen LogP contribution < -0.4 is 0 Å². The fourth-order valence-corrected chi connectivity index (χ4v) is 2.52. The summed E-state index contributed by atoms with van der Waals surface area (Å²) < 4.78 is 4.87. The Morgan fingerprint density at radius 1 is 1.43 bits per heavy atom. The third-order valence-electron chi connectivity index (χ3n) is 1.81. The molecular formula is C9H9ClO3S. The predicted octanol–water partition coefficient (Wildman–Crippen LogP) is 2.70. The lowest BCUT2D eigenvalue weighted by atomic mass is 10.1. The van der Waals surface area contributed by atoms with Crippen LogP contribution in [0.4, 0.5) is 0 Å². The maximum absolute atomic E-state index is 11.3. The van der Waals surface area contributed by atoms with Crippen molar-refractivity contribution in [2.45, 2.75) is 13.8 Å². The van der Waals surface area contributed by atoms with E-state index in [1.807, 2.05) is 0 Å². The zero-order chi connectivity index (χ0) is 10.9. The summed E-state index contributed by atoms with van der Waals surface area (Å²) in [5.74, 6) is -0.596. The molecule has 0 aliphatic heterocycles. The van der Waals surface area contributed by atoms with E-state index in [1.165, 1.54) is 14.0 Å². The Labute approximate surface area is 90.6 Å². The van der Waals surface area contributed by atoms with Gasteiger partial charge in [0.2, 0.25) is 0 Å². The Morgan fingerprint density at radius 3 is 2.36 bits per heavy atom. The molecule has 1 aromatic rings. The van der Waals surface area contributed by atoms with Crippen LogP contribution in [0, 0.1) is 6.92 Å². The number of methoxy groups -OCH3 is 1. The lowest BCUT2D eigenvalue weighted by Gasteiger charge is -1.98. The van der Waals surface area contributed by atoms with Gasteiger partial charge in [-0.25, -0.2) is 4.79 Å². The Balaban J connectivity index is 3.31. The van der Waals surface area contributed by atoms with Gasteiger partial charge < -0.3 is 4.74 Å². The van der Waals surface area contributed by atoms with Crippen LogP contribution in [0.1, 0.15) is 32.5 Å². The summed E-state index contributed by atoms with van der Waals surface area (Å²) in [5.41, 5.74) is 0.892. The van der Waals surface area contributed by atoms with E-state index >= 15 is 0 Å². The molecule has 0 atom stereocenters. The highest BCUT2D eigenvalue weighted by atomic mass is 35.5. The van der Waals surface area contributed by atoms with E-state index in [-0.39, 0.29) is 5.78 Å². The van der Waals surface area contributed by atoms with Gasteiger partial charge in [-0.05, 0) is 19.4 Å². The lowest BCUT2D eigenvalue weighted by molar-refractivity contribution is 0.0601. The average Bonchev–Trinajstić information content (AvgIpc) is 2.41. The number of carbonyl (C=O) groups is 2. The molecule has 1 heterocycles. The van der Waals surface area contributed by atoms with Gasteiger partial charge in [0.25, 0.3) is 0 Å². The van der Waals surface area contributed by atoms with Crippen LogP contribution in [0.2, 0.25) is 4.34 Å². The Kier molecular flexibility index (Phi) is 3.29. The molecule has 76 valence electrons. The number of Topliss-reactive ketones (excluding diaryl/α,β-unsaturated/α-hetero) is 1. The highest BCUT2D eigenvalue weighted by molar-refractivity contribution is 7.18. The summed E-state index contributed by atoms with van der Waals surface area (Å²) in [6, 6.07) is 0. The quantitative estimate of drug-likeness (QED) is 0.582. The predicted molar refractivity (Wildman–Crippen MR) is 55.4 cm³/mol. The van der Waals surface area contributed by atoms with Crippen molar-refractivity contribution in [3.05, 3.63) is 20.3 Å². The Hall–Kier alpha value is -0.870. The summed E-state index contributed by atoms with van der Waals surface area (Å²) in [6.45, 7) is 3.13. The molecule has 0 aliphatic rings. The second-order valence-electron chi connectivity index (χ2n) is 2.75. The molecule has 0 fully saturated rings. The van der Waals surface area contributed by atoms with Crippen molar-refractivity contribution in [3.63, 3.8) is 0 Å². The number of thiophene rings is 1. The molecule has 5 heteroatoms. The van der Waals surface area contributed by atoms with E-state index in [1.54, 1.807) is 6.92 Å². The van der Waals surface area contributed by atoms with Crippen molar-refractivity contribution in [1.82, 2.24) is 0 Å². The molecule has 1 aromatic heterocycles. The monoisotopic (exact) mass is 232 g/mol. The summed E-state index contributed by atoms with van der Waals surface area (Å²) >= 11 is 6.94.